The number of hydrogen-bond acceptors (Lipinski definition) is 3. The molecule has 2 aromatic heterocycles. The molecule has 4 aromatic carbocycles. The van der Waals surface area contributed by atoms with E-state index in [2.05, 4.69) is 53.8 Å². The van der Waals surface area contributed by atoms with E-state index in [-0.39, 0.29) is 0 Å². The molecule has 0 atom stereocenters. The molecule has 0 amide bonds. The van der Waals surface area contributed by atoms with Gasteiger partial charge in [-0.15, -0.1) is 0 Å². The fourth-order valence-electron chi connectivity index (χ4n) is 3.98. The first kappa shape index (κ1) is 16.0. The van der Waals surface area contributed by atoms with Gasteiger partial charge in [0.15, 0.2) is 0 Å². The maximum absolute atomic E-state index is 6.21. The fraction of sp³-hybridized carbons (Fsp3) is 0. The minimum absolute atomic E-state index is 0.870. The van der Waals surface area contributed by atoms with Crippen LogP contribution in [0.1, 0.15) is 0 Å². The van der Waals surface area contributed by atoms with Gasteiger partial charge in [-0.2, -0.15) is 0 Å². The van der Waals surface area contributed by atoms with E-state index in [1.54, 1.807) is 6.26 Å². The molecule has 0 aliphatic carbocycles. The van der Waals surface area contributed by atoms with E-state index >= 15 is 0 Å². The van der Waals surface area contributed by atoms with E-state index in [9.17, 15) is 0 Å². The Bertz CT molecular complexity index is 1470. The number of para-hydroxylation sites is 2. The average molecular weight is 375 g/mol. The maximum atomic E-state index is 6.21. The van der Waals surface area contributed by atoms with Crippen LogP contribution in [-0.4, -0.2) is 0 Å². The molecule has 0 saturated heterocycles. The fourth-order valence-corrected chi connectivity index (χ4v) is 3.98. The highest BCUT2D eigenvalue weighted by molar-refractivity contribution is 6.14. The van der Waals surface area contributed by atoms with Gasteiger partial charge in [0.1, 0.15) is 16.7 Å². The summed E-state index contributed by atoms with van der Waals surface area (Å²) in [7, 11) is 0. The number of fused-ring (bicyclic) bond motifs is 4. The summed E-state index contributed by atoms with van der Waals surface area (Å²) in [6.07, 6.45) is 1.73. The van der Waals surface area contributed by atoms with Crippen molar-refractivity contribution in [3.05, 3.63) is 97.3 Å². The summed E-state index contributed by atoms with van der Waals surface area (Å²) >= 11 is 0. The Morgan fingerprint density at radius 2 is 1.48 bits per heavy atom. The quantitative estimate of drug-likeness (QED) is 0.344. The molecule has 3 heteroatoms. The Balaban J connectivity index is 1.63. The number of furan rings is 2. The van der Waals surface area contributed by atoms with Crippen LogP contribution in [0.4, 0.5) is 11.4 Å². The lowest BCUT2D eigenvalue weighted by Gasteiger charge is -2.10. The molecule has 0 aliphatic rings. The van der Waals surface area contributed by atoms with Crippen molar-refractivity contribution in [2.45, 2.75) is 0 Å². The molecule has 3 nitrogen and oxygen atoms in total. The maximum Gasteiger partial charge on any atom is 0.138 e. The van der Waals surface area contributed by atoms with Crippen LogP contribution in [0.25, 0.3) is 44.0 Å². The first-order chi connectivity index (χ1) is 14.3. The topological polar surface area (TPSA) is 38.3 Å². The second-order valence-corrected chi connectivity index (χ2v) is 7.16. The SMILES string of the molecule is c1ccc(Nc2cc(-c3ccc4occc4c3)c3c(c2)oc2ccccc23)cc1. The third kappa shape index (κ3) is 2.67. The van der Waals surface area contributed by atoms with E-state index < -0.39 is 0 Å². The zero-order valence-electron chi connectivity index (χ0n) is 15.6. The summed E-state index contributed by atoms with van der Waals surface area (Å²) in [5.74, 6) is 0. The Hall–Kier alpha value is -3.98. The van der Waals surface area contributed by atoms with Crippen LogP contribution in [0.5, 0.6) is 0 Å². The van der Waals surface area contributed by atoms with Crippen molar-refractivity contribution in [2.75, 3.05) is 5.32 Å². The van der Waals surface area contributed by atoms with Crippen LogP contribution in [0, 0.1) is 0 Å². The molecule has 0 radical (unpaired) electrons. The van der Waals surface area contributed by atoms with E-state index in [1.165, 1.54) is 0 Å². The van der Waals surface area contributed by atoms with Gasteiger partial charge in [0, 0.05) is 33.6 Å². The molecule has 6 aromatic rings. The van der Waals surface area contributed by atoms with E-state index in [0.717, 1.165) is 55.4 Å². The highest BCUT2D eigenvalue weighted by Gasteiger charge is 2.15. The summed E-state index contributed by atoms with van der Waals surface area (Å²) in [5, 5.41) is 6.84. The highest BCUT2D eigenvalue weighted by atomic mass is 16.3. The van der Waals surface area contributed by atoms with Gasteiger partial charge < -0.3 is 14.2 Å². The molecule has 0 aliphatic heterocycles. The van der Waals surface area contributed by atoms with Crippen LogP contribution >= 0.6 is 0 Å². The molecule has 2 heterocycles. The smallest absolute Gasteiger partial charge is 0.138 e. The third-order valence-electron chi connectivity index (χ3n) is 5.30. The van der Waals surface area contributed by atoms with Gasteiger partial charge in [0.25, 0.3) is 0 Å². The van der Waals surface area contributed by atoms with Crippen LogP contribution in [0.15, 0.2) is 106 Å². The molecule has 0 spiro atoms. The van der Waals surface area contributed by atoms with E-state index in [1.807, 2.05) is 42.5 Å². The number of benzene rings is 4. The van der Waals surface area contributed by atoms with Crippen molar-refractivity contribution in [3.8, 4) is 11.1 Å². The molecule has 0 fully saturated rings. The lowest BCUT2D eigenvalue weighted by Crippen LogP contribution is -1.91. The Labute approximate surface area is 167 Å². The van der Waals surface area contributed by atoms with Crippen molar-refractivity contribution in [1.82, 2.24) is 0 Å². The molecule has 6 rings (SSSR count). The predicted molar refractivity (Wildman–Crippen MR) is 119 cm³/mol. The van der Waals surface area contributed by atoms with Crippen molar-refractivity contribution in [2.24, 2.45) is 0 Å². The summed E-state index contributed by atoms with van der Waals surface area (Å²) in [4.78, 5) is 0. The zero-order valence-corrected chi connectivity index (χ0v) is 15.6. The standard InChI is InChI=1S/C26H17NO2/c1-2-6-19(7-3-1)27-20-15-22(17-10-11-23-18(14-17)12-13-28-23)26-21-8-4-5-9-24(21)29-25(26)16-20/h1-16,27H. The Morgan fingerprint density at radius 1 is 0.621 bits per heavy atom. The lowest BCUT2D eigenvalue weighted by molar-refractivity contribution is 0.616. The predicted octanol–water partition coefficient (Wildman–Crippen LogP) is 7.74. The zero-order chi connectivity index (χ0) is 19.2. The summed E-state index contributed by atoms with van der Waals surface area (Å²) in [6, 6.07) is 30.9. The van der Waals surface area contributed by atoms with Gasteiger partial charge in [-0.3, -0.25) is 0 Å². The van der Waals surface area contributed by atoms with Gasteiger partial charge in [-0.1, -0.05) is 42.5 Å². The molecule has 138 valence electrons. The second kappa shape index (κ2) is 6.28. The number of anilines is 2. The minimum atomic E-state index is 0.870. The lowest BCUT2D eigenvalue weighted by atomic mass is 9.97. The highest BCUT2D eigenvalue weighted by Crippen LogP contribution is 2.40. The average Bonchev–Trinajstić information content (AvgIpc) is 3.37. The molecular weight excluding hydrogens is 358 g/mol. The van der Waals surface area contributed by atoms with Crippen LogP contribution < -0.4 is 5.32 Å². The van der Waals surface area contributed by atoms with E-state index in [0.29, 0.717) is 0 Å². The summed E-state index contributed by atoms with van der Waals surface area (Å²) in [6.45, 7) is 0. The van der Waals surface area contributed by atoms with Crippen LogP contribution in [0.3, 0.4) is 0 Å². The molecule has 0 bridgehead atoms. The first-order valence-electron chi connectivity index (χ1n) is 9.60. The van der Waals surface area contributed by atoms with Gasteiger partial charge in [-0.25, -0.2) is 0 Å². The van der Waals surface area contributed by atoms with Gasteiger partial charge >= 0.3 is 0 Å². The van der Waals surface area contributed by atoms with Gasteiger partial charge in [-0.05, 0) is 53.6 Å². The van der Waals surface area contributed by atoms with Crippen molar-refractivity contribution >= 4 is 44.3 Å². The van der Waals surface area contributed by atoms with Crippen molar-refractivity contribution in [1.29, 1.82) is 0 Å². The monoisotopic (exact) mass is 375 g/mol. The van der Waals surface area contributed by atoms with Crippen LogP contribution in [-0.2, 0) is 0 Å². The first-order valence-corrected chi connectivity index (χ1v) is 9.60. The van der Waals surface area contributed by atoms with Crippen molar-refractivity contribution in [3.63, 3.8) is 0 Å². The van der Waals surface area contributed by atoms with E-state index in [4.69, 9.17) is 8.83 Å². The minimum Gasteiger partial charge on any atom is -0.464 e. The number of nitrogens with one attached hydrogen (secondary N) is 1. The number of rotatable bonds is 3. The molecule has 0 unspecified atom stereocenters. The number of hydrogen-bond donors (Lipinski definition) is 1. The van der Waals surface area contributed by atoms with Crippen LogP contribution in [0.2, 0.25) is 0 Å². The Kier molecular flexibility index (Phi) is 3.47. The molecule has 29 heavy (non-hydrogen) atoms. The normalized spacial score (nSPS) is 11.4. The third-order valence-corrected chi connectivity index (χ3v) is 5.30. The second-order valence-electron chi connectivity index (χ2n) is 7.16. The summed E-state index contributed by atoms with van der Waals surface area (Å²) in [5.41, 5.74) is 6.95. The van der Waals surface area contributed by atoms with Gasteiger partial charge in [0.2, 0.25) is 0 Å². The molecular formula is C26H17NO2. The van der Waals surface area contributed by atoms with Crippen molar-refractivity contribution < 1.29 is 8.83 Å². The summed E-state index contributed by atoms with van der Waals surface area (Å²) < 4.78 is 11.7. The Morgan fingerprint density at radius 3 is 2.41 bits per heavy atom. The molecule has 1 N–H and O–H groups in total. The van der Waals surface area contributed by atoms with Gasteiger partial charge in [0.05, 0.1) is 6.26 Å². The molecule has 0 saturated carbocycles. The largest absolute Gasteiger partial charge is 0.464 e.